The largest absolute Gasteiger partial charge is 0.491 e. The van der Waals surface area contributed by atoms with Gasteiger partial charge in [0.1, 0.15) is 5.75 Å². The summed E-state index contributed by atoms with van der Waals surface area (Å²) in [5.41, 5.74) is 6.31. The molecular weight excluding hydrogens is 233 g/mol. The van der Waals surface area contributed by atoms with Gasteiger partial charge in [-0.3, -0.25) is 0 Å². The van der Waals surface area contributed by atoms with Crippen LogP contribution in [-0.2, 0) is 0 Å². The van der Waals surface area contributed by atoms with Crippen molar-refractivity contribution in [2.45, 2.75) is 19.3 Å². The SMILES string of the molecule is Nc1cc(Cl)c(Cl)cc1OCC1CCC1. The first-order chi connectivity index (χ1) is 7.16. The monoisotopic (exact) mass is 245 g/mol. The predicted octanol–water partition coefficient (Wildman–Crippen LogP) is 3.75. The molecule has 0 aromatic heterocycles. The highest BCUT2D eigenvalue weighted by Crippen LogP contribution is 2.34. The molecule has 1 aromatic carbocycles. The molecular formula is C11H13Cl2NO. The van der Waals surface area contributed by atoms with Crippen molar-refractivity contribution in [1.29, 1.82) is 0 Å². The fourth-order valence-electron chi connectivity index (χ4n) is 1.54. The molecule has 0 atom stereocenters. The third kappa shape index (κ3) is 2.50. The van der Waals surface area contributed by atoms with Crippen LogP contribution < -0.4 is 10.5 Å². The van der Waals surface area contributed by atoms with Crippen molar-refractivity contribution in [3.05, 3.63) is 22.2 Å². The third-order valence-corrected chi connectivity index (χ3v) is 3.47. The van der Waals surface area contributed by atoms with Crippen LogP contribution in [0, 0.1) is 5.92 Å². The number of nitrogens with two attached hydrogens (primary N) is 1. The minimum absolute atomic E-state index is 0.463. The first-order valence-electron chi connectivity index (χ1n) is 5.04. The Morgan fingerprint density at radius 2 is 1.93 bits per heavy atom. The zero-order valence-electron chi connectivity index (χ0n) is 8.30. The maximum atomic E-state index is 5.88. The van der Waals surface area contributed by atoms with Crippen LogP contribution >= 0.6 is 23.2 Å². The summed E-state index contributed by atoms with van der Waals surface area (Å²) in [6.45, 7) is 0.724. The van der Waals surface area contributed by atoms with Crippen LogP contribution in [0.15, 0.2) is 12.1 Å². The van der Waals surface area contributed by atoms with E-state index in [2.05, 4.69) is 0 Å². The predicted molar refractivity (Wildman–Crippen MR) is 63.7 cm³/mol. The molecule has 2 nitrogen and oxygen atoms in total. The van der Waals surface area contributed by atoms with Gasteiger partial charge in [-0.2, -0.15) is 0 Å². The highest BCUT2D eigenvalue weighted by atomic mass is 35.5. The normalized spacial score (nSPS) is 16.1. The molecule has 0 heterocycles. The van der Waals surface area contributed by atoms with E-state index in [0.717, 1.165) is 6.61 Å². The maximum Gasteiger partial charge on any atom is 0.143 e. The van der Waals surface area contributed by atoms with Crippen molar-refractivity contribution in [3.63, 3.8) is 0 Å². The average Bonchev–Trinajstić information content (AvgIpc) is 2.11. The summed E-state index contributed by atoms with van der Waals surface area (Å²) >= 11 is 11.7. The lowest BCUT2D eigenvalue weighted by Crippen LogP contribution is -2.19. The van der Waals surface area contributed by atoms with Gasteiger partial charge in [0.05, 0.1) is 22.3 Å². The number of nitrogen functional groups attached to an aromatic ring is 1. The molecule has 4 heteroatoms. The third-order valence-electron chi connectivity index (χ3n) is 2.75. The molecule has 0 aliphatic heterocycles. The van der Waals surface area contributed by atoms with E-state index in [9.17, 15) is 0 Å². The Balaban J connectivity index is 2.03. The Hall–Kier alpha value is -0.600. The van der Waals surface area contributed by atoms with Gasteiger partial charge in [0, 0.05) is 6.07 Å². The van der Waals surface area contributed by atoms with Crippen LogP contribution in [0.3, 0.4) is 0 Å². The summed E-state index contributed by atoms with van der Waals surface area (Å²) < 4.78 is 5.61. The molecule has 1 aromatic rings. The van der Waals surface area contributed by atoms with E-state index < -0.39 is 0 Å². The van der Waals surface area contributed by atoms with Gasteiger partial charge < -0.3 is 10.5 Å². The van der Waals surface area contributed by atoms with Crippen LogP contribution in [0.25, 0.3) is 0 Å². The second-order valence-corrected chi connectivity index (χ2v) is 4.73. The van der Waals surface area contributed by atoms with Crippen LogP contribution in [0.4, 0.5) is 5.69 Å². The fourth-order valence-corrected chi connectivity index (χ4v) is 1.86. The van der Waals surface area contributed by atoms with Crippen molar-refractivity contribution in [1.82, 2.24) is 0 Å². The van der Waals surface area contributed by atoms with Gasteiger partial charge in [0.25, 0.3) is 0 Å². The minimum atomic E-state index is 0.463. The lowest BCUT2D eigenvalue weighted by molar-refractivity contribution is 0.181. The van der Waals surface area contributed by atoms with Gasteiger partial charge in [-0.15, -0.1) is 0 Å². The molecule has 0 unspecified atom stereocenters. The van der Waals surface area contributed by atoms with Gasteiger partial charge >= 0.3 is 0 Å². The number of anilines is 1. The zero-order chi connectivity index (χ0) is 10.8. The Kier molecular flexibility index (Phi) is 3.27. The molecule has 2 N–H and O–H groups in total. The highest BCUT2D eigenvalue weighted by Gasteiger charge is 2.18. The second-order valence-electron chi connectivity index (χ2n) is 3.91. The minimum Gasteiger partial charge on any atom is -0.491 e. The van der Waals surface area contributed by atoms with E-state index in [0.29, 0.717) is 27.4 Å². The molecule has 0 spiro atoms. The van der Waals surface area contributed by atoms with E-state index in [1.807, 2.05) is 0 Å². The summed E-state index contributed by atoms with van der Waals surface area (Å²) in [6, 6.07) is 3.30. The van der Waals surface area contributed by atoms with E-state index in [4.69, 9.17) is 33.7 Å². The van der Waals surface area contributed by atoms with E-state index in [1.54, 1.807) is 12.1 Å². The van der Waals surface area contributed by atoms with Gasteiger partial charge in [-0.25, -0.2) is 0 Å². The topological polar surface area (TPSA) is 35.2 Å². The van der Waals surface area contributed by atoms with Crippen molar-refractivity contribution < 1.29 is 4.74 Å². The molecule has 0 radical (unpaired) electrons. The second kappa shape index (κ2) is 4.50. The van der Waals surface area contributed by atoms with E-state index in [-0.39, 0.29) is 0 Å². The Morgan fingerprint density at radius 1 is 1.27 bits per heavy atom. The zero-order valence-corrected chi connectivity index (χ0v) is 9.81. The molecule has 1 saturated carbocycles. The van der Waals surface area contributed by atoms with Crippen molar-refractivity contribution in [2.75, 3.05) is 12.3 Å². The molecule has 0 saturated heterocycles. The van der Waals surface area contributed by atoms with Gasteiger partial charge in [0.15, 0.2) is 0 Å². The van der Waals surface area contributed by atoms with Gasteiger partial charge in [-0.05, 0) is 24.8 Å². The Bertz CT molecular complexity index is 364. The van der Waals surface area contributed by atoms with Crippen LogP contribution in [-0.4, -0.2) is 6.61 Å². The van der Waals surface area contributed by atoms with E-state index >= 15 is 0 Å². The molecule has 82 valence electrons. The average molecular weight is 246 g/mol. The lowest BCUT2D eigenvalue weighted by Gasteiger charge is -2.25. The summed E-state index contributed by atoms with van der Waals surface area (Å²) in [4.78, 5) is 0. The molecule has 0 bridgehead atoms. The van der Waals surface area contributed by atoms with Crippen molar-refractivity contribution >= 4 is 28.9 Å². The first kappa shape index (κ1) is 10.9. The summed E-state index contributed by atoms with van der Waals surface area (Å²) in [5, 5.41) is 0.944. The molecule has 1 fully saturated rings. The number of benzene rings is 1. The maximum absolute atomic E-state index is 5.88. The molecule has 15 heavy (non-hydrogen) atoms. The summed E-state index contributed by atoms with van der Waals surface area (Å²) in [5.74, 6) is 1.31. The van der Waals surface area contributed by atoms with Gasteiger partial charge in [0.2, 0.25) is 0 Å². The number of hydrogen-bond acceptors (Lipinski definition) is 2. The number of halogens is 2. The van der Waals surface area contributed by atoms with Crippen molar-refractivity contribution in [2.24, 2.45) is 5.92 Å². The Labute approximate surface area is 99.3 Å². The molecule has 1 aliphatic rings. The van der Waals surface area contributed by atoms with Crippen LogP contribution in [0.1, 0.15) is 19.3 Å². The van der Waals surface area contributed by atoms with E-state index in [1.165, 1.54) is 19.3 Å². The quantitative estimate of drug-likeness (QED) is 0.824. The van der Waals surface area contributed by atoms with Crippen molar-refractivity contribution in [3.8, 4) is 5.75 Å². The number of hydrogen-bond donors (Lipinski definition) is 1. The summed E-state index contributed by atoms with van der Waals surface area (Å²) in [6.07, 6.45) is 3.81. The number of ether oxygens (including phenoxy) is 1. The molecule has 2 rings (SSSR count). The highest BCUT2D eigenvalue weighted by molar-refractivity contribution is 6.42. The standard InChI is InChI=1S/C11H13Cl2NO/c12-8-4-10(14)11(5-9(8)13)15-6-7-2-1-3-7/h4-5,7H,1-3,6,14H2. The number of rotatable bonds is 3. The summed E-state index contributed by atoms with van der Waals surface area (Å²) in [7, 11) is 0. The fraction of sp³-hybridized carbons (Fsp3) is 0.455. The lowest BCUT2D eigenvalue weighted by atomic mass is 9.86. The molecule has 1 aliphatic carbocycles. The smallest absolute Gasteiger partial charge is 0.143 e. The Morgan fingerprint density at radius 3 is 2.53 bits per heavy atom. The first-order valence-corrected chi connectivity index (χ1v) is 5.79. The van der Waals surface area contributed by atoms with Crippen LogP contribution in [0.2, 0.25) is 10.0 Å². The van der Waals surface area contributed by atoms with Crippen LogP contribution in [0.5, 0.6) is 5.75 Å². The van der Waals surface area contributed by atoms with Gasteiger partial charge in [-0.1, -0.05) is 29.6 Å². The molecule has 0 amide bonds.